The first-order chi connectivity index (χ1) is 11.4. The first-order valence-electron chi connectivity index (χ1n) is 9.13. The molecule has 134 valence electrons. The fourth-order valence-corrected chi connectivity index (χ4v) is 4.32. The molecule has 2 aromatic rings. The Morgan fingerprint density at radius 3 is 1.44 bits per heavy atom. The van der Waals surface area contributed by atoms with Gasteiger partial charge in [0.2, 0.25) is 0 Å². The number of hydrogen-bond donors (Lipinski definition) is 0. The highest BCUT2D eigenvalue weighted by atomic mass is 16.1. The lowest BCUT2D eigenvalue weighted by Gasteiger charge is -2.33. The molecule has 25 heavy (non-hydrogen) atoms. The highest BCUT2D eigenvalue weighted by Crippen LogP contribution is 2.42. The van der Waals surface area contributed by atoms with E-state index in [9.17, 15) is 4.79 Å². The highest BCUT2D eigenvalue weighted by molar-refractivity contribution is 6.04. The summed E-state index contributed by atoms with van der Waals surface area (Å²) in [6.07, 6.45) is 0. The molecule has 0 bridgehead atoms. The van der Waals surface area contributed by atoms with Crippen LogP contribution in [0.4, 0.5) is 0 Å². The highest BCUT2D eigenvalue weighted by Gasteiger charge is 2.36. The van der Waals surface area contributed by atoms with E-state index in [2.05, 4.69) is 86.6 Å². The lowest BCUT2D eigenvalue weighted by Crippen LogP contribution is -2.29. The van der Waals surface area contributed by atoms with E-state index in [1.165, 1.54) is 27.8 Å². The monoisotopic (exact) mass is 336 g/mol. The standard InChI is InChI=1S/C24H32O/c1-14-10-16(3)20(17(4)11-14)22(24(7,8)9)23(25)21-18(5)12-15(2)13-19(21)6/h10-13,22H,1-9H3. The first kappa shape index (κ1) is 19.4. The van der Waals surface area contributed by atoms with E-state index in [-0.39, 0.29) is 17.1 Å². The molecule has 0 heterocycles. The molecule has 0 saturated carbocycles. The number of ketones is 1. The molecule has 0 aliphatic rings. The molecule has 1 unspecified atom stereocenters. The van der Waals surface area contributed by atoms with Gasteiger partial charge in [-0.1, -0.05) is 56.2 Å². The van der Waals surface area contributed by atoms with E-state index in [1.807, 2.05) is 0 Å². The summed E-state index contributed by atoms with van der Waals surface area (Å²) < 4.78 is 0. The summed E-state index contributed by atoms with van der Waals surface area (Å²) in [6.45, 7) is 19.1. The number of hydrogen-bond acceptors (Lipinski definition) is 1. The van der Waals surface area contributed by atoms with Crippen LogP contribution in [-0.4, -0.2) is 5.78 Å². The third-order valence-corrected chi connectivity index (χ3v) is 5.08. The number of Topliss-reactive ketones (excluding diaryl/α,β-unsaturated/α-hetero) is 1. The van der Waals surface area contributed by atoms with Gasteiger partial charge in [0.1, 0.15) is 0 Å². The molecule has 0 saturated heterocycles. The number of benzene rings is 2. The van der Waals surface area contributed by atoms with E-state index < -0.39 is 0 Å². The van der Waals surface area contributed by atoms with Crippen LogP contribution in [0.15, 0.2) is 24.3 Å². The molecule has 0 N–H and O–H groups in total. The van der Waals surface area contributed by atoms with Crippen LogP contribution in [0.3, 0.4) is 0 Å². The Morgan fingerprint density at radius 1 is 0.720 bits per heavy atom. The second kappa shape index (κ2) is 6.78. The molecule has 0 amide bonds. The zero-order chi connectivity index (χ0) is 19.1. The van der Waals surface area contributed by atoms with Gasteiger partial charge in [-0.15, -0.1) is 0 Å². The Kier molecular flexibility index (Phi) is 5.27. The van der Waals surface area contributed by atoms with Crippen molar-refractivity contribution in [3.05, 3.63) is 68.8 Å². The van der Waals surface area contributed by atoms with Gasteiger partial charge in [0.05, 0.1) is 5.92 Å². The molecule has 0 aromatic heterocycles. The average molecular weight is 337 g/mol. The Balaban J connectivity index is 2.72. The zero-order valence-corrected chi connectivity index (χ0v) is 17.3. The molecule has 0 fully saturated rings. The quantitative estimate of drug-likeness (QED) is 0.581. The molecule has 2 rings (SSSR count). The van der Waals surface area contributed by atoms with Crippen LogP contribution in [-0.2, 0) is 0 Å². The molecular weight excluding hydrogens is 304 g/mol. The van der Waals surface area contributed by atoms with Crippen molar-refractivity contribution in [1.82, 2.24) is 0 Å². The Bertz CT molecular complexity index is 772. The minimum Gasteiger partial charge on any atom is -0.293 e. The van der Waals surface area contributed by atoms with Gasteiger partial charge in [-0.05, 0) is 74.8 Å². The summed E-state index contributed by atoms with van der Waals surface area (Å²) in [5.41, 5.74) is 9.00. The predicted molar refractivity (Wildman–Crippen MR) is 108 cm³/mol. The molecule has 0 aliphatic heterocycles. The average Bonchev–Trinajstić information content (AvgIpc) is 2.39. The van der Waals surface area contributed by atoms with Crippen LogP contribution in [0.5, 0.6) is 0 Å². The van der Waals surface area contributed by atoms with Gasteiger partial charge in [-0.3, -0.25) is 4.79 Å². The van der Waals surface area contributed by atoms with E-state index in [1.54, 1.807) is 0 Å². The van der Waals surface area contributed by atoms with Crippen molar-refractivity contribution in [3.8, 4) is 0 Å². The molecule has 1 atom stereocenters. The Hall–Kier alpha value is -1.89. The molecule has 0 aliphatic carbocycles. The van der Waals surface area contributed by atoms with Crippen molar-refractivity contribution in [2.75, 3.05) is 0 Å². The van der Waals surface area contributed by atoms with E-state index >= 15 is 0 Å². The maximum atomic E-state index is 13.7. The molecule has 1 heteroatoms. The summed E-state index contributed by atoms with van der Waals surface area (Å²) in [5.74, 6) is 0.103. The molecule has 1 nitrogen and oxygen atoms in total. The smallest absolute Gasteiger partial charge is 0.171 e. The van der Waals surface area contributed by atoms with Gasteiger partial charge >= 0.3 is 0 Å². The van der Waals surface area contributed by atoms with Crippen molar-refractivity contribution in [1.29, 1.82) is 0 Å². The largest absolute Gasteiger partial charge is 0.293 e. The van der Waals surface area contributed by atoms with Gasteiger partial charge in [0.15, 0.2) is 5.78 Å². The maximum Gasteiger partial charge on any atom is 0.171 e. The number of aryl methyl sites for hydroxylation is 6. The van der Waals surface area contributed by atoms with Gasteiger partial charge in [0.25, 0.3) is 0 Å². The third-order valence-electron chi connectivity index (χ3n) is 5.08. The minimum atomic E-state index is -0.147. The summed E-state index contributed by atoms with van der Waals surface area (Å²) in [7, 11) is 0. The molecule has 0 radical (unpaired) electrons. The lowest BCUT2D eigenvalue weighted by atomic mass is 9.69. The van der Waals surface area contributed by atoms with Crippen LogP contribution in [0.1, 0.15) is 76.0 Å². The Morgan fingerprint density at radius 2 is 1.08 bits per heavy atom. The van der Waals surface area contributed by atoms with Gasteiger partial charge in [-0.2, -0.15) is 0 Å². The number of carbonyl (C=O) groups excluding carboxylic acids is 1. The van der Waals surface area contributed by atoms with Crippen molar-refractivity contribution < 1.29 is 4.79 Å². The van der Waals surface area contributed by atoms with Crippen LogP contribution in [0, 0.1) is 47.0 Å². The topological polar surface area (TPSA) is 17.1 Å². The minimum absolute atomic E-state index is 0.145. The molecule has 2 aromatic carbocycles. The number of rotatable bonds is 3. The van der Waals surface area contributed by atoms with Gasteiger partial charge in [-0.25, -0.2) is 0 Å². The summed E-state index contributed by atoms with van der Waals surface area (Å²) in [6, 6.07) is 8.63. The lowest BCUT2D eigenvalue weighted by molar-refractivity contribution is 0.0895. The van der Waals surface area contributed by atoms with Crippen LogP contribution in [0.25, 0.3) is 0 Å². The fraction of sp³-hybridized carbons (Fsp3) is 0.458. The van der Waals surface area contributed by atoms with Crippen molar-refractivity contribution in [2.24, 2.45) is 5.41 Å². The fourth-order valence-electron chi connectivity index (χ4n) is 4.32. The second-order valence-electron chi connectivity index (χ2n) is 8.75. The van der Waals surface area contributed by atoms with Gasteiger partial charge < -0.3 is 0 Å². The summed E-state index contributed by atoms with van der Waals surface area (Å²) >= 11 is 0. The number of carbonyl (C=O) groups is 1. The van der Waals surface area contributed by atoms with E-state index in [0.29, 0.717) is 0 Å². The normalized spacial score (nSPS) is 13.0. The molecule has 0 spiro atoms. The van der Waals surface area contributed by atoms with Crippen molar-refractivity contribution in [3.63, 3.8) is 0 Å². The van der Waals surface area contributed by atoms with E-state index in [0.717, 1.165) is 16.7 Å². The zero-order valence-electron chi connectivity index (χ0n) is 17.3. The third kappa shape index (κ3) is 3.86. The van der Waals surface area contributed by atoms with Crippen LogP contribution >= 0.6 is 0 Å². The van der Waals surface area contributed by atoms with Crippen LogP contribution < -0.4 is 0 Å². The first-order valence-corrected chi connectivity index (χ1v) is 9.13. The summed E-state index contributed by atoms with van der Waals surface area (Å²) in [4.78, 5) is 13.7. The Labute approximate surface area is 153 Å². The van der Waals surface area contributed by atoms with Crippen molar-refractivity contribution >= 4 is 5.78 Å². The SMILES string of the molecule is Cc1cc(C)c(C(=O)C(c2c(C)cc(C)cc2C)C(C)(C)C)c(C)c1. The second-order valence-corrected chi connectivity index (χ2v) is 8.75. The van der Waals surface area contributed by atoms with Crippen LogP contribution in [0.2, 0.25) is 0 Å². The predicted octanol–water partition coefficient (Wildman–Crippen LogP) is 6.55. The summed E-state index contributed by atoms with van der Waals surface area (Å²) in [5, 5.41) is 0. The molecular formula is C24H32O. The maximum absolute atomic E-state index is 13.7. The van der Waals surface area contributed by atoms with Crippen molar-refractivity contribution in [2.45, 2.75) is 68.2 Å². The van der Waals surface area contributed by atoms with Gasteiger partial charge in [0, 0.05) is 5.56 Å². The van der Waals surface area contributed by atoms with E-state index in [4.69, 9.17) is 0 Å².